The monoisotopic (exact) mass is 407 g/mol. The Labute approximate surface area is 121 Å². The van der Waals surface area contributed by atoms with Crippen molar-refractivity contribution in [3.05, 3.63) is 54.2 Å². The Balaban J connectivity index is 2.20. The van der Waals surface area contributed by atoms with Gasteiger partial charge < -0.3 is 5.73 Å². The summed E-state index contributed by atoms with van der Waals surface area (Å²) < 4.78 is 2.31. The van der Waals surface area contributed by atoms with Crippen LogP contribution in [0.15, 0.2) is 40.2 Å². The lowest BCUT2D eigenvalue weighted by Crippen LogP contribution is -2.14. The number of thiophene rings is 1. The van der Waals surface area contributed by atoms with Crippen LogP contribution < -0.4 is 5.73 Å². The zero-order chi connectivity index (χ0) is 11.5. The third-order valence-electron chi connectivity index (χ3n) is 2.36. The second-order valence-electron chi connectivity index (χ2n) is 3.56. The average molecular weight is 408 g/mol. The summed E-state index contributed by atoms with van der Waals surface area (Å²) in [7, 11) is 0. The molecule has 4 heteroatoms. The van der Waals surface area contributed by atoms with Crippen LogP contribution in [-0.2, 0) is 6.42 Å². The van der Waals surface area contributed by atoms with E-state index in [0.29, 0.717) is 0 Å². The lowest BCUT2D eigenvalue weighted by atomic mass is 10.0. The van der Waals surface area contributed by atoms with Crippen LogP contribution in [0.5, 0.6) is 0 Å². The first-order valence-corrected chi connectivity index (χ1v) is 7.65. The number of halogens is 2. The van der Waals surface area contributed by atoms with Crippen LogP contribution in [0, 0.1) is 3.57 Å². The molecule has 0 saturated heterocycles. The van der Waals surface area contributed by atoms with Crippen molar-refractivity contribution in [2.45, 2.75) is 12.5 Å². The number of nitrogens with two attached hydrogens (primary N) is 1. The minimum Gasteiger partial charge on any atom is -0.324 e. The van der Waals surface area contributed by atoms with E-state index >= 15 is 0 Å². The molecule has 1 heterocycles. The van der Waals surface area contributed by atoms with Gasteiger partial charge in [0.1, 0.15) is 0 Å². The van der Waals surface area contributed by atoms with Gasteiger partial charge in [-0.3, -0.25) is 0 Å². The largest absolute Gasteiger partial charge is 0.324 e. The van der Waals surface area contributed by atoms with Crippen LogP contribution >= 0.6 is 49.9 Å². The molecule has 0 saturated carbocycles. The lowest BCUT2D eigenvalue weighted by Gasteiger charge is -2.13. The van der Waals surface area contributed by atoms with E-state index in [4.69, 9.17) is 5.73 Å². The Morgan fingerprint density at radius 3 is 2.88 bits per heavy atom. The third kappa shape index (κ3) is 3.06. The fourth-order valence-electron chi connectivity index (χ4n) is 1.55. The highest BCUT2D eigenvalue weighted by atomic mass is 127. The van der Waals surface area contributed by atoms with Crippen LogP contribution in [0.25, 0.3) is 0 Å². The van der Waals surface area contributed by atoms with Crippen molar-refractivity contribution < 1.29 is 0 Å². The first-order valence-electron chi connectivity index (χ1n) is 4.89. The van der Waals surface area contributed by atoms with Crippen LogP contribution in [0.3, 0.4) is 0 Å². The second kappa shape index (κ2) is 5.62. The van der Waals surface area contributed by atoms with Crippen molar-refractivity contribution in [3.8, 4) is 0 Å². The molecule has 2 aromatic rings. The van der Waals surface area contributed by atoms with Gasteiger partial charge >= 0.3 is 0 Å². The lowest BCUT2D eigenvalue weighted by molar-refractivity contribution is 0.725. The number of hydrogen-bond acceptors (Lipinski definition) is 2. The predicted molar refractivity (Wildman–Crippen MR) is 81.8 cm³/mol. The van der Waals surface area contributed by atoms with Crippen molar-refractivity contribution in [1.82, 2.24) is 0 Å². The van der Waals surface area contributed by atoms with Gasteiger partial charge in [0.25, 0.3) is 0 Å². The van der Waals surface area contributed by atoms with Crippen molar-refractivity contribution in [1.29, 1.82) is 0 Å². The maximum absolute atomic E-state index is 6.24. The molecule has 2 N–H and O–H groups in total. The van der Waals surface area contributed by atoms with E-state index in [-0.39, 0.29) is 6.04 Å². The zero-order valence-electron chi connectivity index (χ0n) is 8.49. The summed E-state index contributed by atoms with van der Waals surface area (Å²) in [5, 5.41) is 2.09. The van der Waals surface area contributed by atoms with E-state index in [1.807, 2.05) is 6.07 Å². The maximum atomic E-state index is 6.24. The Bertz CT molecular complexity index is 470. The number of rotatable bonds is 3. The zero-order valence-corrected chi connectivity index (χ0v) is 13.1. The van der Waals surface area contributed by atoms with Gasteiger partial charge in [-0.05, 0) is 57.8 Å². The molecule has 1 aromatic carbocycles. The molecular formula is C12H11BrINS. The normalized spacial score (nSPS) is 12.7. The molecule has 1 atom stereocenters. The molecule has 0 bridgehead atoms. The minimum atomic E-state index is 0.0723. The van der Waals surface area contributed by atoms with Gasteiger partial charge in [0.2, 0.25) is 0 Å². The summed E-state index contributed by atoms with van der Waals surface area (Å²) in [6.45, 7) is 0. The Kier molecular flexibility index (Phi) is 4.41. The van der Waals surface area contributed by atoms with Gasteiger partial charge in [-0.1, -0.05) is 22.0 Å². The van der Waals surface area contributed by atoms with Gasteiger partial charge in [-0.2, -0.15) is 0 Å². The smallest absolute Gasteiger partial charge is 0.0354 e. The number of benzene rings is 1. The summed E-state index contributed by atoms with van der Waals surface area (Å²) in [6.07, 6.45) is 0.907. The molecule has 0 spiro atoms. The Hall–Kier alpha value is 0.0900. The topological polar surface area (TPSA) is 26.0 Å². The van der Waals surface area contributed by atoms with Gasteiger partial charge in [-0.25, -0.2) is 0 Å². The predicted octanol–water partition coefficient (Wildman–Crippen LogP) is 4.36. The molecular weight excluding hydrogens is 397 g/mol. The quantitative estimate of drug-likeness (QED) is 0.751. The van der Waals surface area contributed by atoms with E-state index in [0.717, 1.165) is 10.9 Å². The van der Waals surface area contributed by atoms with Crippen molar-refractivity contribution in [2.24, 2.45) is 5.73 Å². The molecule has 0 fully saturated rings. The summed E-state index contributed by atoms with van der Waals surface area (Å²) in [5.41, 5.74) is 7.45. The van der Waals surface area contributed by atoms with Crippen LogP contribution in [0.2, 0.25) is 0 Å². The molecule has 0 amide bonds. The molecule has 0 aliphatic rings. The van der Waals surface area contributed by atoms with Crippen LogP contribution in [0.4, 0.5) is 0 Å². The fraction of sp³-hybridized carbons (Fsp3) is 0.167. The van der Waals surface area contributed by atoms with E-state index in [1.54, 1.807) is 11.3 Å². The molecule has 1 aromatic heterocycles. The first-order chi connectivity index (χ1) is 7.66. The molecule has 0 aliphatic carbocycles. The van der Waals surface area contributed by atoms with Crippen molar-refractivity contribution in [2.75, 3.05) is 0 Å². The SMILES string of the molecule is NC(Cc1cccs1)c1cc(Br)ccc1I. The highest BCUT2D eigenvalue weighted by molar-refractivity contribution is 14.1. The third-order valence-corrected chi connectivity index (χ3v) is 4.73. The van der Waals surface area contributed by atoms with Crippen molar-refractivity contribution in [3.63, 3.8) is 0 Å². The Morgan fingerprint density at radius 2 is 2.19 bits per heavy atom. The van der Waals surface area contributed by atoms with E-state index < -0.39 is 0 Å². The molecule has 1 unspecified atom stereocenters. The Morgan fingerprint density at radius 1 is 1.38 bits per heavy atom. The summed E-state index contributed by atoms with van der Waals surface area (Å²) >= 11 is 7.58. The highest BCUT2D eigenvalue weighted by Crippen LogP contribution is 2.26. The van der Waals surface area contributed by atoms with E-state index in [9.17, 15) is 0 Å². The van der Waals surface area contributed by atoms with Crippen molar-refractivity contribution >= 4 is 49.9 Å². The molecule has 2 rings (SSSR count). The minimum absolute atomic E-state index is 0.0723. The molecule has 84 valence electrons. The van der Waals surface area contributed by atoms with Crippen LogP contribution in [0.1, 0.15) is 16.5 Å². The molecule has 0 radical (unpaired) electrons. The van der Waals surface area contributed by atoms with Gasteiger partial charge in [0, 0.05) is 25.4 Å². The highest BCUT2D eigenvalue weighted by Gasteiger charge is 2.11. The standard InChI is InChI=1S/C12H11BrINS/c13-8-3-4-11(14)10(6-8)12(15)7-9-2-1-5-16-9/h1-6,12H,7,15H2. The van der Waals surface area contributed by atoms with Gasteiger partial charge in [-0.15, -0.1) is 11.3 Å². The second-order valence-corrected chi connectivity index (χ2v) is 6.67. The molecule has 16 heavy (non-hydrogen) atoms. The fourth-order valence-corrected chi connectivity index (χ4v) is 3.43. The van der Waals surface area contributed by atoms with E-state index in [1.165, 1.54) is 14.0 Å². The van der Waals surface area contributed by atoms with Gasteiger partial charge in [0.15, 0.2) is 0 Å². The summed E-state index contributed by atoms with van der Waals surface area (Å²) in [6, 6.07) is 10.5. The van der Waals surface area contributed by atoms with Crippen LogP contribution in [-0.4, -0.2) is 0 Å². The molecule has 1 nitrogen and oxygen atoms in total. The maximum Gasteiger partial charge on any atom is 0.0354 e. The molecule has 0 aliphatic heterocycles. The van der Waals surface area contributed by atoms with Gasteiger partial charge in [0.05, 0.1) is 0 Å². The van der Waals surface area contributed by atoms with E-state index in [2.05, 4.69) is 68.2 Å². The number of hydrogen-bond donors (Lipinski definition) is 1. The average Bonchev–Trinajstić information content (AvgIpc) is 2.74. The summed E-state index contributed by atoms with van der Waals surface area (Å²) in [4.78, 5) is 1.34. The first kappa shape index (κ1) is 12.5. The summed E-state index contributed by atoms with van der Waals surface area (Å²) in [5.74, 6) is 0.